The average Bonchev–Trinajstić information content (AvgIpc) is 3.32. The lowest BCUT2D eigenvalue weighted by Gasteiger charge is -2.36. The maximum atomic E-state index is 14.1. The van der Waals surface area contributed by atoms with Gasteiger partial charge in [-0.15, -0.1) is 0 Å². The van der Waals surface area contributed by atoms with E-state index in [-0.39, 0.29) is 24.9 Å². The van der Waals surface area contributed by atoms with Crippen LogP contribution in [0, 0.1) is 11.3 Å². The summed E-state index contributed by atoms with van der Waals surface area (Å²) in [5.74, 6) is -1.74. The summed E-state index contributed by atoms with van der Waals surface area (Å²) in [5.41, 5.74) is -2.27. The van der Waals surface area contributed by atoms with E-state index in [0.717, 1.165) is 31.2 Å². The first-order valence-electron chi connectivity index (χ1n) is 19.7. The van der Waals surface area contributed by atoms with Gasteiger partial charge in [0.05, 0.1) is 6.04 Å². The van der Waals surface area contributed by atoms with Gasteiger partial charge in [0.25, 0.3) is 0 Å². The molecule has 1 saturated carbocycles. The molecule has 55 heavy (non-hydrogen) atoms. The predicted molar refractivity (Wildman–Crippen MR) is 206 cm³/mol. The minimum atomic E-state index is -1.33. The second kappa shape index (κ2) is 19.3. The lowest BCUT2D eigenvalue weighted by atomic mass is 9.83. The van der Waals surface area contributed by atoms with E-state index < -0.39 is 77.9 Å². The van der Waals surface area contributed by atoms with Crippen molar-refractivity contribution in [3.05, 3.63) is 35.9 Å². The first-order chi connectivity index (χ1) is 25.4. The van der Waals surface area contributed by atoms with E-state index in [1.807, 2.05) is 39.0 Å². The van der Waals surface area contributed by atoms with Gasteiger partial charge in [-0.1, -0.05) is 83.2 Å². The highest BCUT2D eigenvalue weighted by Gasteiger charge is 2.55. The Morgan fingerprint density at radius 1 is 0.873 bits per heavy atom. The number of alkyl carbamates (subject to hydrolysis) is 1. The van der Waals surface area contributed by atoms with Crippen LogP contribution in [0.25, 0.3) is 0 Å². The van der Waals surface area contributed by atoms with Crippen LogP contribution in [0.1, 0.15) is 140 Å². The van der Waals surface area contributed by atoms with Crippen LogP contribution in [-0.4, -0.2) is 82.8 Å². The van der Waals surface area contributed by atoms with Crippen molar-refractivity contribution in [2.24, 2.45) is 11.3 Å². The SMILES string of the molecule is CC(C)(C)CC(CCC(=O)OC[C@H](NC(=O)OCc1ccccc1)C(=O)OC(C)(C)C)OC(=O)[C@@H]1OC(C)(C)N(C(=O)OC(C)(C)C)[C@H]1CC1CCCCC1. The molecular weight excluding hydrogens is 708 g/mol. The van der Waals surface area contributed by atoms with Crippen molar-refractivity contribution in [1.82, 2.24) is 10.2 Å². The molecule has 1 aromatic carbocycles. The van der Waals surface area contributed by atoms with Crippen molar-refractivity contribution in [3.63, 3.8) is 0 Å². The molecule has 1 aliphatic carbocycles. The largest absolute Gasteiger partial charge is 0.463 e. The number of benzene rings is 1. The highest BCUT2D eigenvalue weighted by molar-refractivity contribution is 5.82. The molecule has 2 aliphatic rings. The van der Waals surface area contributed by atoms with Gasteiger partial charge in [0.15, 0.2) is 12.1 Å². The van der Waals surface area contributed by atoms with Crippen LogP contribution in [0.15, 0.2) is 30.3 Å². The van der Waals surface area contributed by atoms with Crippen LogP contribution in [0.3, 0.4) is 0 Å². The molecule has 0 radical (unpaired) electrons. The van der Waals surface area contributed by atoms with Crippen LogP contribution in [0.2, 0.25) is 0 Å². The zero-order valence-corrected chi connectivity index (χ0v) is 35.0. The minimum absolute atomic E-state index is 0.0227. The number of carbonyl (C=O) groups is 5. The molecule has 1 aliphatic heterocycles. The molecule has 13 heteroatoms. The van der Waals surface area contributed by atoms with Gasteiger partial charge in [-0.25, -0.2) is 19.2 Å². The van der Waals surface area contributed by atoms with Gasteiger partial charge in [-0.2, -0.15) is 0 Å². The molecule has 0 bridgehead atoms. The number of amides is 2. The zero-order chi connectivity index (χ0) is 41.2. The van der Waals surface area contributed by atoms with Gasteiger partial charge in [-0.3, -0.25) is 9.69 Å². The quantitative estimate of drug-likeness (QED) is 0.144. The van der Waals surface area contributed by atoms with Gasteiger partial charge in [0, 0.05) is 6.42 Å². The van der Waals surface area contributed by atoms with E-state index >= 15 is 0 Å². The first-order valence-corrected chi connectivity index (χ1v) is 19.7. The van der Waals surface area contributed by atoms with Crippen molar-refractivity contribution < 1.29 is 52.4 Å². The molecule has 3 rings (SSSR count). The summed E-state index contributed by atoms with van der Waals surface area (Å²) in [6, 6.07) is 7.12. The van der Waals surface area contributed by atoms with Gasteiger partial charge in [0.1, 0.15) is 36.2 Å². The molecule has 4 atom stereocenters. The highest BCUT2D eigenvalue weighted by atomic mass is 16.6. The molecule has 13 nitrogen and oxygen atoms in total. The van der Waals surface area contributed by atoms with Crippen LogP contribution < -0.4 is 5.32 Å². The van der Waals surface area contributed by atoms with E-state index in [9.17, 15) is 24.0 Å². The summed E-state index contributed by atoms with van der Waals surface area (Å²) in [4.78, 5) is 68.0. The number of hydrogen-bond donors (Lipinski definition) is 1. The second-order valence-corrected chi connectivity index (χ2v) is 18.5. The molecule has 1 unspecified atom stereocenters. The first kappa shape index (κ1) is 45.5. The maximum Gasteiger partial charge on any atom is 0.412 e. The molecular formula is C42H66N2O11. The second-order valence-electron chi connectivity index (χ2n) is 18.5. The molecule has 2 fully saturated rings. The van der Waals surface area contributed by atoms with E-state index in [1.165, 1.54) is 6.42 Å². The number of rotatable bonds is 14. The fraction of sp³-hybridized carbons (Fsp3) is 0.738. The van der Waals surface area contributed by atoms with E-state index in [0.29, 0.717) is 18.8 Å². The monoisotopic (exact) mass is 774 g/mol. The summed E-state index contributed by atoms with van der Waals surface area (Å²) in [7, 11) is 0. The molecule has 1 N–H and O–H groups in total. The Morgan fingerprint density at radius 3 is 2.07 bits per heavy atom. The molecule has 1 heterocycles. The summed E-state index contributed by atoms with van der Waals surface area (Å²) in [6.45, 7) is 19.5. The average molecular weight is 775 g/mol. The maximum absolute atomic E-state index is 14.1. The third kappa shape index (κ3) is 16.0. The Balaban J connectivity index is 1.70. The van der Waals surface area contributed by atoms with Crippen LogP contribution >= 0.6 is 0 Å². The van der Waals surface area contributed by atoms with Crippen LogP contribution in [0.5, 0.6) is 0 Å². The number of ether oxygens (including phenoxy) is 6. The fourth-order valence-electron chi connectivity index (χ4n) is 6.94. The van der Waals surface area contributed by atoms with Crippen molar-refractivity contribution in [1.29, 1.82) is 0 Å². The lowest BCUT2D eigenvalue weighted by molar-refractivity contribution is -0.170. The summed E-state index contributed by atoms with van der Waals surface area (Å²) >= 11 is 0. The van der Waals surface area contributed by atoms with Gasteiger partial charge in [0.2, 0.25) is 0 Å². The van der Waals surface area contributed by atoms with Crippen molar-refractivity contribution >= 4 is 30.1 Å². The van der Waals surface area contributed by atoms with Gasteiger partial charge in [-0.05, 0) is 91.5 Å². The molecule has 310 valence electrons. The molecule has 0 spiro atoms. The fourth-order valence-corrected chi connectivity index (χ4v) is 6.94. The number of hydrogen-bond acceptors (Lipinski definition) is 11. The molecule has 0 aromatic heterocycles. The number of esters is 3. The van der Waals surface area contributed by atoms with E-state index in [1.54, 1.807) is 72.4 Å². The highest BCUT2D eigenvalue weighted by Crippen LogP contribution is 2.40. The lowest BCUT2D eigenvalue weighted by Crippen LogP contribution is -2.51. The predicted octanol–water partition coefficient (Wildman–Crippen LogP) is 8.01. The summed E-state index contributed by atoms with van der Waals surface area (Å²) < 4.78 is 34.5. The Bertz CT molecular complexity index is 1440. The Labute approximate surface area is 327 Å². The Morgan fingerprint density at radius 2 is 1.49 bits per heavy atom. The molecule has 2 amide bonds. The smallest absolute Gasteiger partial charge is 0.412 e. The standard InChI is InChI=1S/C42H66N2O11/c1-39(2,3)25-30(22-23-33(45)50-27-31(35(46)54-40(4,5)6)43-37(48)51-26-29-20-16-13-17-21-29)52-36(47)34-32(24-28-18-14-12-15-19-28)44(42(10,11)53-34)38(49)55-41(7,8)9/h13,16-17,20-21,28,30-32,34H,12,14-15,18-19,22-27H2,1-11H3,(H,43,48)/t30?,31-,32-,34+/m0/s1. The number of nitrogens with zero attached hydrogens (tertiary/aromatic N) is 1. The normalized spacial score (nSPS) is 20.2. The van der Waals surface area contributed by atoms with Crippen LogP contribution in [0.4, 0.5) is 9.59 Å². The Kier molecular flexibility index (Phi) is 16.0. The van der Waals surface area contributed by atoms with Crippen molar-refractivity contribution in [2.45, 2.75) is 182 Å². The van der Waals surface area contributed by atoms with Gasteiger partial charge < -0.3 is 33.7 Å². The molecule has 1 saturated heterocycles. The van der Waals surface area contributed by atoms with E-state index in [2.05, 4.69) is 5.32 Å². The van der Waals surface area contributed by atoms with E-state index in [4.69, 9.17) is 28.4 Å². The third-order valence-electron chi connectivity index (χ3n) is 9.20. The molecule has 1 aromatic rings. The zero-order valence-electron chi connectivity index (χ0n) is 35.0. The van der Waals surface area contributed by atoms with Crippen molar-refractivity contribution in [3.8, 4) is 0 Å². The van der Waals surface area contributed by atoms with Gasteiger partial charge >= 0.3 is 30.1 Å². The topological polar surface area (TPSA) is 156 Å². The number of carbonyl (C=O) groups excluding carboxylic acids is 5. The Hall–Kier alpha value is -3.87. The number of nitrogens with one attached hydrogen (secondary N) is 1. The van der Waals surface area contributed by atoms with Crippen molar-refractivity contribution in [2.75, 3.05) is 6.61 Å². The summed E-state index contributed by atoms with van der Waals surface area (Å²) in [5, 5.41) is 2.45. The third-order valence-corrected chi connectivity index (χ3v) is 9.20. The summed E-state index contributed by atoms with van der Waals surface area (Å²) in [6.07, 6.45) is 3.20. The minimum Gasteiger partial charge on any atom is -0.463 e. The van der Waals surface area contributed by atoms with Crippen LogP contribution in [-0.2, 0) is 49.4 Å².